The zero-order valence-corrected chi connectivity index (χ0v) is 16.1. The standard InChI is InChI=1S/C19H20F3N7O/c20-19(21,22)18-26-24-15-4-5-16(27-29(15)18)28-8-6-12(7-9-28)11-30-17-10-13-2-1-3-14(13)23-25-17/h4-5,10,12H,1-3,6-9,11H2. The maximum Gasteiger partial charge on any atom is 0.453 e. The summed E-state index contributed by atoms with van der Waals surface area (Å²) in [5.74, 6) is 0.285. The lowest BCUT2D eigenvalue weighted by Gasteiger charge is -2.32. The molecule has 0 radical (unpaired) electrons. The summed E-state index contributed by atoms with van der Waals surface area (Å²) in [6, 6.07) is 5.18. The van der Waals surface area contributed by atoms with Gasteiger partial charge in [0, 0.05) is 19.2 Å². The van der Waals surface area contributed by atoms with E-state index in [2.05, 4.69) is 25.5 Å². The third-order valence-electron chi connectivity index (χ3n) is 5.71. The van der Waals surface area contributed by atoms with E-state index in [1.807, 2.05) is 11.0 Å². The first-order chi connectivity index (χ1) is 14.5. The lowest BCUT2D eigenvalue weighted by molar-refractivity contribution is -0.146. The van der Waals surface area contributed by atoms with Gasteiger partial charge in [0.15, 0.2) is 5.65 Å². The SMILES string of the molecule is FC(F)(F)c1nnc2ccc(N3CCC(COc4cc5c(nn4)CCC5)CC3)nn12. The minimum Gasteiger partial charge on any atom is -0.476 e. The second-order valence-corrected chi connectivity index (χ2v) is 7.73. The molecule has 1 aliphatic carbocycles. The molecule has 0 atom stereocenters. The molecule has 1 saturated heterocycles. The van der Waals surface area contributed by atoms with Crippen LogP contribution in [0, 0.1) is 5.92 Å². The Morgan fingerprint density at radius 1 is 1.03 bits per heavy atom. The first kappa shape index (κ1) is 19.0. The summed E-state index contributed by atoms with van der Waals surface area (Å²) in [6.07, 6.45) is 0.236. The van der Waals surface area contributed by atoms with Gasteiger partial charge in [0.2, 0.25) is 5.88 Å². The smallest absolute Gasteiger partial charge is 0.453 e. The van der Waals surface area contributed by atoms with Crippen molar-refractivity contribution in [2.75, 3.05) is 24.6 Å². The quantitative estimate of drug-likeness (QED) is 0.643. The topological polar surface area (TPSA) is 81.3 Å². The van der Waals surface area contributed by atoms with Crippen LogP contribution in [0.5, 0.6) is 5.88 Å². The predicted octanol–water partition coefficient (Wildman–Crippen LogP) is 2.72. The second kappa shape index (κ2) is 7.37. The third kappa shape index (κ3) is 3.63. The van der Waals surface area contributed by atoms with Gasteiger partial charge in [0.25, 0.3) is 5.82 Å². The Hall–Kier alpha value is -2.98. The fraction of sp³-hybridized carbons (Fsp3) is 0.526. The number of hydrogen-bond donors (Lipinski definition) is 0. The first-order valence-electron chi connectivity index (χ1n) is 10.0. The molecular weight excluding hydrogens is 399 g/mol. The van der Waals surface area contributed by atoms with Crippen LogP contribution in [0.4, 0.5) is 19.0 Å². The summed E-state index contributed by atoms with van der Waals surface area (Å²) in [6.45, 7) is 1.93. The molecule has 0 aromatic carbocycles. The van der Waals surface area contributed by atoms with Crippen molar-refractivity contribution in [1.29, 1.82) is 0 Å². The van der Waals surface area contributed by atoms with Crippen LogP contribution in [0.1, 0.15) is 36.3 Å². The molecule has 2 aliphatic rings. The summed E-state index contributed by atoms with van der Waals surface area (Å²) in [7, 11) is 0. The average Bonchev–Trinajstić information content (AvgIpc) is 3.38. The van der Waals surface area contributed by atoms with Crippen LogP contribution < -0.4 is 9.64 Å². The number of aromatic nitrogens is 6. The first-order valence-corrected chi connectivity index (χ1v) is 10.0. The molecule has 0 amide bonds. The number of alkyl halides is 3. The highest BCUT2D eigenvalue weighted by molar-refractivity contribution is 5.46. The van der Waals surface area contributed by atoms with Gasteiger partial charge in [-0.2, -0.15) is 22.8 Å². The maximum atomic E-state index is 13.1. The lowest BCUT2D eigenvalue weighted by Crippen LogP contribution is -2.36. The monoisotopic (exact) mass is 419 g/mol. The summed E-state index contributed by atoms with van der Waals surface area (Å²) in [5, 5.41) is 19.3. The Morgan fingerprint density at radius 2 is 1.87 bits per heavy atom. The number of ether oxygens (including phenoxy) is 1. The van der Waals surface area contributed by atoms with Gasteiger partial charge in [-0.1, -0.05) is 0 Å². The van der Waals surface area contributed by atoms with Gasteiger partial charge >= 0.3 is 6.18 Å². The molecule has 3 aromatic heterocycles. The zero-order chi connectivity index (χ0) is 20.7. The molecule has 158 valence electrons. The van der Waals surface area contributed by atoms with E-state index in [1.54, 1.807) is 6.07 Å². The summed E-state index contributed by atoms with van der Waals surface area (Å²) < 4.78 is 45.8. The van der Waals surface area contributed by atoms with Crippen molar-refractivity contribution in [3.05, 3.63) is 35.3 Å². The van der Waals surface area contributed by atoms with E-state index >= 15 is 0 Å². The molecule has 1 fully saturated rings. The largest absolute Gasteiger partial charge is 0.476 e. The number of anilines is 1. The van der Waals surface area contributed by atoms with Crippen molar-refractivity contribution in [1.82, 2.24) is 30.0 Å². The van der Waals surface area contributed by atoms with Crippen molar-refractivity contribution in [2.45, 2.75) is 38.3 Å². The van der Waals surface area contributed by atoms with Crippen LogP contribution in [0.2, 0.25) is 0 Å². The number of halogens is 3. The van der Waals surface area contributed by atoms with Crippen molar-refractivity contribution in [3.63, 3.8) is 0 Å². The number of aryl methyl sites for hydroxylation is 2. The van der Waals surface area contributed by atoms with Crippen LogP contribution in [0.15, 0.2) is 18.2 Å². The fourth-order valence-corrected chi connectivity index (χ4v) is 4.04. The van der Waals surface area contributed by atoms with Gasteiger partial charge in [-0.25, -0.2) is 0 Å². The highest BCUT2D eigenvalue weighted by Crippen LogP contribution is 2.29. The Bertz CT molecular complexity index is 1060. The van der Waals surface area contributed by atoms with E-state index in [9.17, 15) is 13.2 Å². The van der Waals surface area contributed by atoms with Gasteiger partial charge in [-0.3, -0.25) is 0 Å². The van der Waals surface area contributed by atoms with Crippen molar-refractivity contribution in [2.24, 2.45) is 5.92 Å². The Labute approximate surface area is 170 Å². The number of piperidine rings is 1. The Kier molecular flexibility index (Phi) is 4.67. The van der Waals surface area contributed by atoms with Crippen molar-refractivity contribution < 1.29 is 17.9 Å². The molecule has 0 bridgehead atoms. The van der Waals surface area contributed by atoms with E-state index in [-0.39, 0.29) is 5.65 Å². The number of fused-ring (bicyclic) bond motifs is 2. The molecule has 0 saturated carbocycles. The van der Waals surface area contributed by atoms with Crippen LogP contribution >= 0.6 is 0 Å². The van der Waals surface area contributed by atoms with Gasteiger partial charge < -0.3 is 9.64 Å². The molecule has 30 heavy (non-hydrogen) atoms. The molecule has 0 N–H and O–H groups in total. The van der Waals surface area contributed by atoms with E-state index in [1.165, 1.54) is 11.6 Å². The molecule has 3 aromatic rings. The van der Waals surface area contributed by atoms with E-state index in [0.717, 1.165) is 42.3 Å². The normalized spacial score (nSPS) is 17.5. The number of nitrogens with zero attached hydrogens (tertiary/aromatic N) is 7. The molecule has 0 unspecified atom stereocenters. The van der Waals surface area contributed by atoms with E-state index in [4.69, 9.17) is 4.74 Å². The summed E-state index contributed by atoms with van der Waals surface area (Å²) in [5.41, 5.74) is 2.37. The van der Waals surface area contributed by atoms with Gasteiger partial charge in [0.1, 0.15) is 5.82 Å². The minimum atomic E-state index is -4.60. The summed E-state index contributed by atoms with van der Waals surface area (Å²) in [4.78, 5) is 1.98. The van der Waals surface area contributed by atoms with Gasteiger partial charge in [0.05, 0.1) is 12.3 Å². The molecule has 8 nitrogen and oxygen atoms in total. The number of hydrogen-bond acceptors (Lipinski definition) is 7. The third-order valence-corrected chi connectivity index (χ3v) is 5.71. The molecule has 1 aliphatic heterocycles. The van der Waals surface area contributed by atoms with Gasteiger partial charge in [-0.05, 0) is 55.7 Å². The molecule has 0 spiro atoms. The average molecular weight is 419 g/mol. The second-order valence-electron chi connectivity index (χ2n) is 7.73. The highest BCUT2D eigenvalue weighted by atomic mass is 19.4. The predicted molar refractivity (Wildman–Crippen MR) is 100 cm³/mol. The fourth-order valence-electron chi connectivity index (χ4n) is 4.04. The molecule has 11 heteroatoms. The lowest BCUT2D eigenvalue weighted by atomic mass is 9.98. The van der Waals surface area contributed by atoms with Crippen LogP contribution in [-0.4, -0.2) is 49.7 Å². The van der Waals surface area contributed by atoms with Gasteiger partial charge in [-0.15, -0.1) is 20.4 Å². The number of rotatable bonds is 4. The maximum absolute atomic E-state index is 13.1. The Balaban J connectivity index is 1.21. The zero-order valence-electron chi connectivity index (χ0n) is 16.1. The van der Waals surface area contributed by atoms with Crippen molar-refractivity contribution in [3.8, 4) is 5.88 Å². The molecule has 4 heterocycles. The van der Waals surface area contributed by atoms with Crippen molar-refractivity contribution >= 4 is 11.5 Å². The van der Waals surface area contributed by atoms with E-state index < -0.39 is 12.0 Å². The van der Waals surface area contributed by atoms with Crippen LogP contribution in [-0.2, 0) is 19.0 Å². The van der Waals surface area contributed by atoms with Crippen LogP contribution in [0.25, 0.3) is 5.65 Å². The summed E-state index contributed by atoms with van der Waals surface area (Å²) >= 11 is 0. The Morgan fingerprint density at radius 3 is 2.67 bits per heavy atom. The minimum absolute atomic E-state index is 0.0739. The van der Waals surface area contributed by atoms with Crippen LogP contribution in [0.3, 0.4) is 0 Å². The molecule has 5 rings (SSSR count). The van der Waals surface area contributed by atoms with E-state index in [0.29, 0.717) is 37.3 Å². The molecular formula is C19H20F3N7O. The highest BCUT2D eigenvalue weighted by Gasteiger charge is 2.38.